The minimum absolute atomic E-state index is 0.103. The largest absolute Gasteiger partial charge is 0.370 e. The van der Waals surface area contributed by atoms with E-state index in [-0.39, 0.29) is 11.9 Å². The number of rotatable bonds is 6. The van der Waals surface area contributed by atoms with Crippen molar-refractivity contribution in [2.45, 2.75) is 39.7 Å². The van der Waals surface area contributed by atoms with Gasteiger partial charge in [0.25, 0.3) is 0 Å². The lowest BCUT2D eigenvalue weighted by atomic mass is 10.0. The van der Waals surface area contributed by atoms with Gasteiger partial charge < -0.3 is 10.6 Å². The maximum atomic E-state index is 13.9. The van der Waals surface area contributed by atoms with Crippen LogP contribution in [0.5, 0.6) is 0 Å². The molecule has 96 valence electrons. The molecular formula is C14H23FN2. The van der Waals surface area contributed by atoms with Gasteiger partial charge in [-0.3, -0.25) is 0 Å². The highest BCUT2D eigenvalue weighted by Crippen LogP contribution is 2.25. The Kier molecular flexibility index (Phi) is 5.42. The fourth-order valence-electron chi connectivity index (χ4n) is 2.05. The van der Waals surface area contributed by atoms with Crippen LogP contribution < -0.4 is 10.6 Å². The number of hydrogen-bond acceptors (Lipinski definition) is 2. The molecule has 3 heteroatoms. The summed E-state index contributed by atoms with van der Waals surface area (Å²) in [5, 5.41) is 0. The summed E-state index contributed by atoms with van der Waals surface area (Å²) in [5.41, 5.74) is 7.71. The zero-order valence-electron chi connectivity index (χ0n) is 11.0. The molecule has 1 rings (SSSR count). The van der Waals surface area contributed by atoms with Crippen LogP contribution in [-0.2, 0) is 6.42 Å². The van der Waals surface area contributed by atoms with Gasteiger partial charge in [-0.05, 0) is 38.3 Å². The van der Waals surface area contributed by atoms with E-state index in [0.717, 1.165) is 37.2 Å². The zero-order valence-corrected chi connectivity index (χ0v) is 11.0. The first kappa shape index (κ1) is 14.0. The topological polar surface area (TPSA) is 29.3 Å². The average Bonchev–Trinajstić information content (AvgIpc) is 2.33. The van der Waals surface area contributed by atoms with E-state index in [0.29, 0.717) is 0 Å². The van der Waals surface area contributed by atoms with Gasteiger partial charge in [0, 0.05) is 19.1 Å². The van der Waals surface area contributed by atoms with Crippen LogP contribution in [0.1, 0.15) is 32.8 Å². The molecule has 0 aliphatic carbocycles. The highest BCUT2D eigenvalue weighted by atomic mass is 19.1. The molecule has 0 amide bonds. The third-order valence-corrected chi connectivity index (χ3v) is 3.16. The average molecular weight is 238 g/mol. The number of anilines is 1. The van der Waals surface area contributed by atoms with Crippen LogP contribution >= 0.6 is 0 Å². The minimum atomic E-state index is -0.144. The molecule has 0 saturated carbocycles. The van der Waals surface area contributed by atoms with Gasteiger partial charge in [0.15, 0.2) is 0 Å². The van der Waals surface area contributed by atoms with Gasteiger partial charge >= 0.3 is 0 Å². The summed E-state index contributed by atoms with van der Waals surface area (Å²) in [4.78, 5) is 2.05. The smallest absolute Gasteiger partial charge is 0.146 e. The number of nitrogens with two attached hydrogens (primary N) is 1. The molecule has 0 aliphatic heterocycles. The predicted molar refractivity (Wildman–Crippen MR) is 71.9 cm³/mol. The Morgan fingerprint density at radius 3 is 2.41 bits per heavy atom. The summed E-state index contributed by atoms with van der Waals surface area (Å²) in [6.07, 6.45) is 1.65. The molecule has 0 aromatic heterocycles. The first-order valence-electron chi connectivity index (χ1n) is 6.41. The molecule has 0 radical (unpaired) electrons. The van der Waals surface area contributed by atoms with E-state index in [1.165, 1.54) is 6.07 Å². The number of nitrogens with zero attached hydrogens (tertiary/aromatic N) is 1. The molecule has 1 aromatic rings. The lowest BCUT2D eigenvalue weighted by Gasteiger charge is -2.25. The van der Waals surface area contributed by atoms with Crippen LogP contribution in [0.25, 0.3) is 0 Å². The van der Waals surface area contributed by atoms with Crippen molar-refractivity contribution in [3.8, 4) is 0 Å². The summed E-state index contributed by atoms with van der Waals surface area (Å²) in [6.45, 7) is 7.76. The van der Waals surface area contributed by atoms with Crippen molar-refractivity contribution in [1.29, 1.82) is 0 Å². The maximum absolute atomic E-state index is 13.9. The van der Waals surface area contributed by atoms with Crippen LogP contribution in [-0.4, -0.2) is 19.1 Å². The van der Waals surface area contributed by atoms with Gasteiger partial charge in [-0.1, -0.05) is 19.1 Å². The standard InChI is InChI=1S/C14H23FN2/c1-4-12(16)10-11-8-7-9-13(15)14(11)17(5-2)6-3/h7-9,12H,4-6,10,16H2,1-3H3. The molecule has 0 fully saturated rings. The molecule has 1 atom stereocenters. The number of para-hydroxylation sites is 1. The van der Waals surface area contributed by atoms with E-state index < -0.39 is 0 Å². The van der Waals surface area contributed by atoms with Gasteiger partial charge in [-0.2, -0.15) is 0 Å². The Balaban J connectivity index is 3.07. The molecule has 0 saturated heterocycles. The van der Waals surface area contributed by atoms with Crippen molar-refractivity contribution < 1.29 is 4.39 Å². The van der Waals surface area contributed by atoms with E-state index in [1.807, 2.05) is 24.8 Å². The fraction of sp³-hybridized carbons (Fsp3) is 0.571. The molecular weight excluding hydrogens is 215 g/mol. The van der Waals surface area contributed by atoms with Crippen molar-refractivity contribution in [2.24, 2.45) is 5.73 Å². The van der Waals surface area contributed by atoms with E-state index in [9.17, 15) is 4.39 Å². The second-order valence-electron chi connectivity index (χ2n) is 4.29. The summed E-state index contributed by atoms with van der Waals surface area (Å²) in [5.74, 6) is -0.144. The monoisotopic (exact) mass is 238 g/mol. The summed E-state index contributed by atoms with van der Waals surface area (Å²) < 4.78 is 13.9. The quantitative estimate of drug-likeness (QED) is 0.825. The first-order chi connectivity index (χ1) is 8.13. The third kappa shape index (κ3) is 3.43. The van der Waals surface area contributed by atoms with E-state index in [2.05, 4.69) is 6.92 Å². The van der Waals surface area contributed by atoms with Gasteiger partial charge in [0.05, 0.1) is 5.69 Å². The first-order valence-corrected chi connectivity index (χ1v) is 6.41. The summed E-state index contributed by atoms with van der Waals surface area (Å²) >= 11 is 0. The predicted octanol–water partition coefficient (Wildman–Crippen LogP) is 2.95. The lowest BCUT2D eigenvalue weighted by molar-refractivity contribution is 0.606. The van der Waals surface area contributed by atoms with E-state index in [4.69, 9.17) is 5.73 Å². The normalized spacial score (nSPS) is 12.5. The molecule has 2 nitrogen and oxygen atoms in total. The second kappa shape index (κ2) is 6.60. The van der Waals surface area contributed by atoms with Gasteiger partial charge in [0.1, 0.15) is 5.82 Å². The molecule has 17 heavy (non-hydrogen) atoms. The highest BCUT2D eigenvalue weighted by molar-refractivity contribution is 5.55. The molecule has 0 heterocycles. The molecule has 0 spiro atoms. The molecule has 0 aliphatic rings. The van der Waals surface area contributed by atoms with Crippen molar-refractivity contribution in [1.82, 2.24) is 0 Å². The Bertz CT molecular complexity index is 348. The van der Waals surface area contributed by atoms with Crippen molar-refractivity contribution >= 4 is 5.69 Å². The van der Waals surface area contributed by atoms with Crippen LogP contribution in [0.3, 0.4) is 0 Å². The third-order valence-electron chi connectivity index (χ3n) is 3.16. The fourth-order valence-corrected chi connectivity index (χ4v) is 2.05. The van der Waals surface area contributed by atoms with E-state index in [1.54, 1.807) is 6.07 Å². The van der Waals surface area contributed by atoms with Crippen LogP contribution in [0.15, 0.2) is 18.2 Å². The second-order valence-corrected chi connectivity index (χ2v) is 4.29. The summed E-state index contributed by atoms with van der Waals surface area (Å²) in [6, 6.07) is 5.37. The SMILES string of the molecule is CCC(N)Cc1cccc(F)c1N(CC)CC. The summed E-state index contributed by atoms with van der Waals surface area (Å²) in [7, 11) is 0. The number of halogens is 1. The van der Waals surface area contributed by atoms with Crippen molar-refractivity contribution in [3.63, 3.8) is 0 Å². The van der Waals surface area contributed by atoms with Crippen LogP contribution in [0.4, 0.5) is 10.1 Å². The Hall–Kier alpha value is -1.09. The van der Waals surface area contributed by atoms with Gasteiger partial charge in [-0.15, -0.1) is 0 Å². The van der Waals surface area contributed by atoms with Crippen molar-refractivity contribution in [2.75, 3.05) is 18.0 Å². The maximum Gasteiger partial charge on any atom is 0.146 e. The Labute approximate surface area is 104 Å². The Morgan fingerprint density at radius 1 is 1.24 bits per heavy atom. The molecule has 0 bridgehead atoms. The van der Waals surface area contributed by atoms with Gasteiger partial charge in [0.2, 0.25) is 0 Å². The zero-order chi connectivity index (χ0) is 12.8. The van der Waals surface area contributed by atoms with Crippen LogP contribution in [0, 0.1) is 5.82 Å². The minimum Gasteiger partial charge on any atom is -0.370 e. The number of hydrogen-bond donors (Lipinski definition) is 1. The molecule has 1 unspecified atom stereocenters. The van der Waals surface area contributed by atoms with Gasteiger partial charge in [-0.25, -0.2) is 4.39 Å². The Morgan fingerprint density at radius 2 is 1.88 bits per heavy atom. The van der Waals surface area contributed by atoms with E-state index >= 15 is 0 Å². The molecule has 1 aromatic carbocycles. The number of benzene rings is 1. The molecule has 2 N–H and O–H groups in total. The van der Waals surface area contributed by atoms with Crippen molar-refractivity contribution in [3.05, 3.63) is 29.6 Å². The lowest BCUT2D eigenvalue weighted by Crippen LogP contribution is -2.27. The van der Waals surface area contributed by atoms with Crippen LogP contribution in [0.2, 0.25) is 0 Å². The highest BCUT2D eigenvalue weighted by Gasteiger charge is 2.15.